The Kier molecular flexibility index (Phi) is 49.3. The Balaban J connectivity index is 0.000000336. The molecule has 0 saturated carbocycles. The van der Waals surface area contributed by atoms with Crippen molar-refractivity contribution in [2.75, 3.05) is 91.2 Å². The molecule has 31 heteroatoms. The van der Waals surface area contributed by atoms with Gasteiger partial charge >= 0.3 is 60.8 Å². The number of aliphatic carboxylic acids is 1. The highest BCUT2D eigenvalue weighted by atomic mass is 79.9. The number of esters is 4. The minimum atomic E-state index is -1.35. The number of carbonyl (C=O) groups excluding carboxylic acids is 4. The number of rotatable bonds is 31. The van der Waals surface area contributed by atoms with Gasteiger partial charge in [-0.2, -0.15) is 0 Å². The number of ether oxygens (including phenoxy) is 9. The zero-order chi connectivity index (χ0) is 94.4. The molecule has 0 radical (unpaired) electrons. The van der Waals surface area contributed by atoms with Gasteiger partial charge in [-0.05, 0) is 168 Å². The summed E-state index contributed by atoms with van der Waals surface area (Å²) in [6.07, 6.45) is 0. The second-order valence-corrected chi connectivity index (χ2v) is 29.2. The molecule has 129 heavy (non-hydrogen) atoms. The first kappa shape index (κ1) is 106. The first-order chi connectivity index (χ1) is 61.9. The van der Waals surface area contributed by atoms with E-state index in [1.807, 2.05) is 160 Å². The number of benzene rings is 11. The van der Waals surface area contributed by atoms with Gasteiger partial charge in [0, 0.05) is 16.8 Å². The first-order valence-electron chi connectivity index (χ1n) is 39.8. The van der Waals surface area contributed by atoms with Gasteiger partial charge in [0.1, 0.15) is 32.2 Å². The standard InChI is InChI=1S/C33H32O6.C18H18O7.C15H12O4.C9H11BrO.C8H5BrO4.C7H9BO2.C4H8O2.C4H6O2.H2/c1-25-12-14-28(15-13-25)29-20-30(32(34)38-18-16-36-23-26-8-4-2-5-9-26)22-31(21-29)33(35)39-19-17-37-24-27-10-6-3-7-11-27;19-5-7-24-17(22)14-9-13(12-1-3-16(21)4-2-12)10-15(11-14)18(23)25-8-6-20;1-9-2-4-10(5-3-9)11-6-12(14(16)17)8-13(7-11)15(18)19;10-6-7-11-8-9-4-2-1-3-5-9;9-6-2-4(7(10)11)1-5(3-6)8(12)13;1-6-2-4-7(5-3-6)8(9)10;1-2-6-4-3-5-1;1-3(2)4(5)6;/h2-15,20-22H,16-19,23-24H2,1H3;1-4,9-11,19-21H,5-8H2;2-8H,1H3,(H,16,17)(H,18,19);1-5H,6-8H2;1-3H,(H,10,11)(H,12,13);2-5,9-10H,1H3;1-4H2;1H2,2H3,(H,5,6);1H. The number of carboxylic acid groups (broad SMARTS) is 5. The Morgan fingerprint density at radius 2 is 0.628 bits per heavy atom. The van der Waals surface area contributed by atoms with E-state index in [2.05, 4.69) is 50.6 Å². The van der Waals surface area contributed by atoms with Gasteiger partial charge in [-0.1, -0.05) is 231 Å². The number of hydrogen-bond donors (Lipinski definition) is 10. The number of aliphatic hydroxyl groups is 2. The number of alkyl halides is 1. The van der Waals surface area contributed by atoms with Crippen molar-refractivity contribution >= 4 is 98.2 Å². The van der Waals surface area contributed by atoms with E-state index in [0.717, 1.165) is 95.0 Å². The average Bonchev–Trinajstić information content (AvgIpc) is 0.829. The number of hydrogen-bond acceptors (Lipinski definition) is 23. The normalized spacial score (nSPS) is 10.7. The zero-order valence-corrected chi connectivity index (χ0v) is 74.4. The van der Waals surface area contributed by atoms with Gasteiger partial charge in [0.05, 0.1) is 124 Å². The molecular weight excluding hydrogens is 1800 g/mol. The summed E-state index contributed by atoms with van der Waals surface area (Å²) in [5.41, 5.74) is 12.1. The molecule has 0 spiro atoms. The number of carboxylic acids is 5. The fraction of sp³-hybridized carbons (Fsp3) is 0.214. The number of aromatic hydroxyl groups is 1. The third-order valence-electron chi connectivity index (χ3n) is 17.2. The maximum Gasteiger partial charge on any atom is 0.488 e. The van der Waals surface area contributed by atoms with Gasteiger partial charge in [0.25, 0.3) is 0 Å². The summed E-state index contributed by atoms with van der Waals surface area (Å²) in [6, 6.07) is 75.6. The third-order valence-corrected chi connectivity index (χ3v) is 18.0. The Bertz CT molecular complexity index is 5130. The molecule has 680 valence electrons. The minimum Gasteiger partial charge on any atom is -0.508 e. The van der Waals surface area contributed by atoms with Crippen LogP contribution in [-0.4, -0.2) is 203 Å². The summed E-state index contributed by atoms with van der Waals surface area (Å²) in [6.45, 7) is 15.7. The molecule has 0 aromatic heterocycles. The summed E-state index contributed by atoms with van der Waals surface area (Å²) in [5, 5.41) is 88.3. The monoisotopic (exact) mass is 1900 g/mol. The van der Waals surface area contributed by atoms with Crippen LogP contribution < -0.4 is 5.46 Å². The molecule has 11 aromatic carbocycles. The molecule has 0 unspecified atom stereocenters. The second kappa shape index (κ2) is 59.7. The smallest absolute Gasteiger partial charge is 0.488 e. The number of aliphatic hydroxyl groups excluding tert-OH is 2. The maximum atomic E-state index is 12.9. The van der Waals surface area contributed by atoms with Crippen LogP contribution in [0.2, 0.25) is 0 Å². The van der Waals surface area contributed by atoms with Gasteiger partial charge in [0.2, 0.25) is 0 Å². The van der Waals surface area contributed by atoms with Gasteiger partial charge in [-0.25, -0.2) is 43.2 Å². The lowest BCUT2D eigenvalue weighted by molar-refractivity contribution is -0.132. The number of phenols is 1. The summed E-state index contributed by atoms with van der Waals surface area (Å²) in [5.74, 6) is -7.88. The van der Waals surface area contributed by atoms with Crippen molar-refractivity contribution in [3.05, 3.63) is 355 Å². The Morgan fingerprint density at radius 3 is 0.899 bits per heavy atom. The minimum absolute atomic E-state index is 0. The van der Waals surface area contributed by atoms with Crippen LogP contribution in [0.5, 0.6) is 5.75 Å². The van der Waals surface area contributed by atoms with Crippen molar-refractivity contribution in [2.24, 2.45) is 0 Å². The molecule has 0 bridgehead atoms. The summed E-state index contributed by atoms with van der Waals surface area (Å²) < 4.78 is 47.5. The van der Waals surface area contributed by atoms with Crippen LogP contribution in [0.15, 0.2) is 277 Å². The summed E-state index contributed by atoms with van der Waals surface area (Å²) in [4.78, 5) is 103. The number of aromatic carboxylic acids is 4. The second-order valence-electron chi connectivity index (χ2n) is 27.5. The van der Waals surface area contributed by atoms with Crippen LogP contribution >= 0.6 is 31.9 Å². The SMILES string of the molecule is BrCCOCc1ccccc1.C1COCCO1.C=C(C)C(=O)O.Cc1ccc(-c2cc(C(=O)O)cc(C(=O)O)c2)cc1.Cc1ccc(-c2cc(C(=O)OCCOCc3ccccc3)cc(C(=O)OCCOCc3ccccc3)c2)cc1.Cc1ccc(B(O)O)cc1.O=C(O)c1cc(Br)cc(C(=O)O)c1.O=C(OCCO)c1cc(C(=O)OCCO)cc(-c2ccc(O)cc2)c1.[HH]. The van der Waals surface area contributed by atoms with Crippen molar-refractivity contribution < 1.29 is 138 Å². The molecule has 0 aliphatic carbocycles. The van der Waals surface area contributed by atoms with Gasteiger partial charge in [0.15, 0.2) is 0 Å². The van der Waals surface area contributed by atoms with E-state index >= 15 is 0 Å². The van der Waals surface area contributed by atoms with Crippen molar-refractivity contribution in [2.45, 2.75) is 47.5 Å². The van der Waals surface area contributed by atoms with Crippen LogP contribution in [0.1, 0.15) is 125 Å². The summed E-state index contributed by atoms with van der Waals surface area (Å²) >= 11 is 6.32. The Hall–Kier alpha value is -13.1. The van der Waals surface area contributed by atoms with Crippen LogP contribution in [0, 0.1) is 20.8 Å². The maximum absolute atomic E-state index is 12.9. The predicted octanol–water partition coefficient (Wildman–Crippen LogP) is 15.9. The van der Waals surface area contributed by atoms with E-state index in [0.29, 0.717) is 46.4 Å². The largest absolute Gasteiger partial charge is 0.508 e. The van der Waals surface area contributed by atoms with E-state index in [4.69, 9.17) is 88.4 Å². The average molecular weight is 1900 g/mol. The Labute approximate surface area is 765 Å². The fourth-order valence-electron chi connectivity index (χ4n) is 10.6. The summed E-state index contributed by atoms with van der Waals surface area (Å²) in [7, 11) is -1.35. The van der Waals surface area contributed by atoms with Crippen molar-refractivity contribution in [1.82, 2.24) is 0 Å². The van der Waals surface area contributed by atoms with Gasteiger partial charge in [-0.3, -0.25) is 0 Å². The van der Waals surface area contributed by atoms with Crippen molar-refractivity contribution in [3.8, 4) is 39.1 Å². The molecule has 0 amide bonds. The number of phenolic OH excluding ortho intramolecular Hbond substituents is 1. The quantitative estimate of drug-likeness (QED) is 0.00482. The van der Waals surface area contributed by atoms with E-state index in [-0.39, 0.29) is 110 Å². The molecule has 1 aliphatic heterocycles. The van der Waals surface area contributed by atoms with Crippen LogP contribution in [-0.2, 0) is 67.2 Å². The van der Waals surface area contributed by atoms with E-state index in [1.165, 1.54) is 73.2 Å². The molecule has 11 aromatic rings. The molecule has 28 nitrogen and oxygen atoms in total. The lowest BCUT2D eigenvalue weighted by atomic mass is 9.80. The highest BCUT2D eigenvalue weighted by Crippen LogP contribution is 2.29. The van der Waals surface area contributed by atoms with E-state index in [1.54, 1.807) is 36.4 Å². The molecule has 10 N–H and O–H groups in total. The molecule has 1 aliphatic rings. The molecule has 0 atom stereocenters. The molecule has 1 saturated heterocycles. The molecule has 12 rings (SSSR count). The lowest BCUT2D eigenvalue weighted by Gasteiger charge is -2.11. The van der Waals surface area contributed by atoms with Crippen LogP contribution in [0.25, 0.3) is 33.4 Å². The van der Waals surface area contributed by atoms with Gasteiger partial charge in [-0.15, -0.1) is 0 Å². The van der Waals surface area contributed by atoms with Crippen molar-refractivity contribution in [1.29, 1.82) is 0 Å². The topological polar surface area (TPSA) is 439 Å². The van der Waals surface area contributed by atoms with Crippen LogP contribution in [0.4, 0.5) is 0 Å². The Morgan fingerprint density at radius 1 is 0.364 bits per heavy atom. The third kappa shape index (κ3) is 42.3. The highest BCUT2D eigenvalue weighted by molar-refractivity contribution is 9.10. The molecule has 1 fully saturated rings. The molecule has 1 heterocycles. The number of carbonyl (C=O) groups is 9. The fourth-order valence-corrected chi connectivity index (χ4v) is 11.3. The number of aryl methyl sites for hydroxylation is 3. The van der Waals surface area contributed by atoms with Gasteiger partial charge < -0.3 is 93.5 Å². The number of halogens is 2. The van der Waals surface area contributed by atoms with Crippen LogP contribution in [0.3, 0.4) is 0 Å². The van der Waals surface area contributed by atoms with E-state index in [9.17, 15) is 48.3 Å². The predicted molar refractivity (Wildman–Crippen MR) is 493 cm³/mol. The van der Waals surface area contributed by atoms with E-state index < -0.39 is 60.8 Å². The lowest BCUT2D eigenvalue weighted by Crippen LogP contribution is -2.29. The zero-order valence-electron chi connectivity index (χ0n) is 71.2. The first-order valence-corrected chi connectivity index (χ1v) is 41.7. The van der Waals surface area contributed by atoms with Crippen molar-refractivity contribution in [3.63, 3.8) is 0 Å². The highest BCUT2D eigenvalue weighted by Gasteiger charge is 2.20. The molecular formula is C98H103BBr2O28.